The molecule has 0 saturated heterocycles. The zero-order valence-corrected chi connectivity index (χ0v) is 8.63. The van der Waals surface area contributed by atoms with Crippen LogP contribution >= 0.6 is 0 Å². The van der Waals surface area contributed by atoms with Crippen molar-refractivity contribution in [2.24, 2.45) is 11.7 Å². The summed E-state index contributed by atoms with van der Waals surface area (Å²) in [6, 6.07) is 6.49. The van der Waals surface area contributed by atoms with Crippen LogP contribution in [-0.2, 0) is 0 Å². The molecule has 0 aliphatic carbocycles. The predicted octanol–water partition coefficient (Wildman–Crippen LogP) is 2.22. The molecule has 1 rings (SSSR count). The first kappa shape index (κ1) is 11.0. The average molecular weight is 196 g/mol. The first-order chi connectivity index (χ1) is 6.59. The molecule has 0 aliphatic rings. The molecule has 1 unspecified atom stereocenters. The molecule has 2 nitrogen and oxygen atoms in total. The molecule has 3 N–H and O–H groups in total. The van der Waals surface area contributed by atoms with Crippen molar-refractivity contribution in [1.29, 1.82) is 0 Å². The van der Waals surface area contributed by atoms with E-state index in [2.05, 4.69) is 19.2 Å². The number of hydrogen-bond acceptors (Lipinski definition) is 2. The van der Waals surface area contributed by atoms with Gasteiger partial charge < -0.3 is 11.1 Å². The number of benzene rings is 1. The molecular weight excluding hydrogens is 179 g/mol. The maximum Gasteiger partial charge on any atom is 0.125 e. The van der Waals surface area contributed by atoms with Crippen molar-refractivity contribution in [1.82, 2.24) is 0 Å². The van der Waals surface area contributed by atoms with Crippen LogP contribution in [0.3, 0.4) is 0 Å². The van der Waals surface area contributed by atoms with E-state index in [1.807, 2.05) is 6.07 Å². The van der Waals surface area contributed by atoms with Crippen molar-refractivity contribution < 1.29 is 4.39 Å². The Morgan fingerprint density at radius 3 is 2.71 bits per heavy atom. The van der Waals surface area contributed by atoms with Crippen molar-refractivity contribution in [2.45, 2.75) is 19.9 Å². The number of halogens is 1. The highest BCUT2D eigenvalue weighted by Gasteiger charge is 2.06. The van der Waals surface area contributed by atoms with Crippen LogP contribution in [0.5, 0.6) is 0 Å². The van der Waals surface area contributed by atoms with Crippen LogP contribution in [0, 0.1) is 11.7 Å². The molecule has 78 valence electrons. The van der Waals surface area contributed by atoms with Crippen LogP contribution in [-0.4, -0.2) is 12.6 Å². The Balaban J connectivity index is 2.45. The Labute approximate surface area is 84.3 Å². The first-order valence-corrected chi connectivity index (χ1v) is 4.84. The molecule has 1 atom stereocenters. The first-order valence-electron chi connectivity index (χ1n) is 4.84. The third-order valence-electron chi connectivity index (χ3n) is 2.22. The second-order valence-electron chi connectivity index (χ2n) is 3.80. The summed E-state index contributed by atoms with van der Waals surface area (Å²) in [5.74, 6) is 0.198. The fourth-order valence-electron chi connectivity index (χ4n) is 1.07. The van der Waals surface area contributed by atoms with Crippen LogP contribution in [0.2, 0.25) is 0 Å². The van der Waals surface area contributed by atoms with E-state index in [0.717, 1.165) is 5.69 Å². The molecule has 0 spiro atoms. The summed E-state index contributed by atoms with van der Waals surface area (Å²) in [5, 5.41) is 3.10. The number of rotatable bonds is 4. The molecule has 1 aromatic rings. The van der Waals surface area contributed by atoms with Crippen LogP contribution in [0.15, 0.2) is 24.3 Å². The van der Waals surface area contributed by atoms with Gasteiger partial charge in [-0.1, -0.05) is 19.9 Å². The Hall–Kier alpha value is -1.09. The molecule has 0 bridgehead atoms. The van der Waals surface area contributed by atoms with E-state index in [9.17, 15) is 4.39 Å². The van der Waals surface area contributed by atoms with Gasteiger partial charge in [0.05, 0.1) is 0 Å². The Bertz CT molecular complexity index is 286. The van der Waals surface area contributed by atoms with Gasteiger partial charge in [-0.2, -0.15) is 0 Å². The topological polar surface area (TPSA) is 38.0 Å². The zero-order chi connectivity index (χ0) is 10.6. The van der Waals surface area contributed by atoms with E-state index in [0.29, 0.717) is 12.5 Å². The molecule has 0 amide bonds. The average Bonchev–Trinajstić information content (AvgIpc) is 2.14. The highest BCUT2D eigenvalue weighted by atomic mass is 19.1. The van der Waals surface area contributed by atoms with Gasteiger partial charge in [0.2, 0.25) is 0 Å². The van der Waals surface area contributed by atoms with Crippen LogP contribution in [0.1, 0.15) is 13.8 Å². The second kappa shape index (κ2) is 4.96. The molecule has 0 fully saturated rings. The van der Waals surface area contributed by atoms with Gasteiger partial charge in [0.25, 0.3) is 0 Å². The fourth-order valence-corrected chi connectivity index (χ4v) is 1.07. The third kappa shape index (κ3) is 3.34. The molecule has 1 aromatic carbocycles. The quantitative estimate of drug-likeness (QED) is 0.775. The summed E-state index contributed by atoms with van der Waals surface area (Å²) in [6.45, 7) is 4.80. The molecule has 0 radical (unpaired) electrons. The Kier molecular flexibility index (Phi) is 3.89. The number of anilines is 1. The minimum atomic E-state index is -0.229. The zero-order valence-electron chi connectivity index (χ0n) is 8.63. The molecular formula is C11H17FN2. The summed E-state index contributed by atoms with van der Waals surface area (Å²) in [6.07, 6.45) is 0. The van der Waals surface area contributed by atoms with Crippen LogP contribution < -0.4 is 11.1 Å². The van der Waals surface area contributed by atoms with E-state index in [1.54, 1.807) is 6.07 Å². The van der Waals surface area contributed by atoms with Gasteiger partial charge in [0.15, 0.2) is 0 Å². The minimum absolute atomic E-state index is 0.0956. The summed E-state index contributed by atoms with van der Waals surface area (Å²) in [4.78, 5) is 0. The normalized spacial score (nSPS) is 12.9. The maximum atomic E-state index is 12.8. The minimum Gasteiger partial charge on any atom is -0.383 e. The van der Waals surface area contributed by atoms with Crippen molar-refractivity contribution in [3.63, 3.8) is 0 Å². The maximum absolute atomic E-state index is 12.8. The van der Waals surface area contributed by atoms with E-state index in [4.69, 9.17) is 5.73 Å². The lowest BCUT2D eigenvalue weighted by Crippen LogP contribution is -2.33. The lowest BCUT2D eigenvalue weighted by molar-refractivity contribution is 0.511. The highest BCUT2D eigenvalue weighted by Crippen LogP contribution is 2.09. The van der Waals surface area contributed by atoms with Crippen molar-refractivity contribution in [3.8, 4) is 0 Å². The molecule has 3 heteroatoms. The SMILES string of the molecule is CC(C)C(N)CNc1cccc(F)c1. The largest absolute Gasteiger partial charge is 0.383 e. The van der Waals surface area contributed by atoms with Gasteiger partial charge in [-0.25, -0.2) is 4.39 Å². The van der Waals surface area contributed by atoms with Crippen molar-refractivity contribution in [2.75, 3.05) is 11.9 Å². The van der Waals surface area contributed by atoms with E-state index in [1.165, 1.54) is 12.1 Å². The molecule has 14 heavy (non-hydrogen) atoms. The Morgan fingerprint density at radius 2 is 2.14 bits per heavy atom. The monoisotopic (exact) mass is 196 g/mol. The van der Waals surface area contributed by atoms with Gasteiger partial charge >= 0.3 is 0 Å². The van der Waals surface area contributed by atoms with E-state index < -0.39 is 0 Å². The predicted molar refractivity (Wildman–Crippen MR) is 57.7 cm³/mol. The summed E-state index contributed by atoms with van der Waals surface area (Å²) < 4.78 is 12.8. The van der Waals surface area contributed by atoms with E-state index in [-0.39, 0.29) is 11.9 Å². The van der Waals surface area contributed by atoms with Gasteiger partial charge in [0.1, 0.15) is 5.82 Å². The summed E-state index contributed by atoms with van der Waals surface area (Å²) in [5.41, 5.74) is 6.62. The third-order valence-corrected chi connectivity index (χ3v) is 2.22. The summed E-state index contributed by atoms with van der Waals surface area (Å²) >= 11 is 0. The smallest absolute Gasteiger partial charge is 0.125 e. The Morgan fingerprint density at radius 1 is 1.43 bits per heavy atom. The number of hydrogen-bond donors (Lipinski definition) is 2. The lowest BCUT2D eigenvalue weighted by Gasteiger charge is -2.16. The lowest BCUT2D eigenvalue weighted by atomic mass is 10.1. The molecule has 0 saturated carbocycles. The highest BCUT2D eigenvalue weighted by molar-refractivity contribution is 5.43. The molecule has 0 aliphatic heterocycles. The number of nitrogens with one attached hydrogen (secondary N) is 1. The fraction of sp³-hybridized carbons (Fsp3) is 0.455. The van der Waals surface area contributed by atoms with Crippen LogP contribution in [0.25, 0.3) is 0 Å². The van der Waals surface area contributed by atoms with Gasteiger partial charge in [-0.05, 0) is 24.1 Å². The van der Waals surface area contributed by atoms with Gasteiger partial charge in [0, 0.05) is 18.3 Å². The van der Waals surface area contributed by atoms with E-state index >= 15 is 0 Å². The number of nitrogens with two attached hydrogens (primary N) is 1. The standard InChI is InChI=1S/C11H17FN2/c1-8(2)11(13)7-14-10-5-3-4-9(12)6-10/h3-6,8,11,14H,7,13H2,1-2H3. The van der Waals surface area contributed by atoms with Crippen molar-refractivity contribution in [3.05, 3.63) is 30.1 Å². The van der Waals surface area contributed by atoms with Gasteiger partial charge in [-0.3, -0.25) is 0 Å². The molecule has 0 heterocycles. The second-order valence-corrected chi connectivity index (χ2v) is 3.80. The van der Waals surface area contributed by atoms with Gasteiger partial charge in [-0.15, -0.1) is 0 Å². The molecule has 0 aromatic heterocycles. The van der Waals surface area contributed by atoms with Crippen LogP contribution in [0.4, 0.5) is 10.1 Å². The summed E-state index contributed by atoms with van der Waals surface area (Å²) in [7, 11) is 0. The van der Waals surface area contributed by atoms with Crippen molar-refractivity contribution >= 4 is 5.69 Å².